The highest BCUT2D eigenvalue weighted by Gasteiger charge is 2.10. The summed E-state index contributed by atoms with van der Waals surface area (Å²) in [6.45, 7) is 0.0302. The van der Waals surface area contributed by atoms with Gasteiger partial charge in [-0.05, 0) is 24.3 Å². The van der Waals surface area contributed by atoms with Crippen molar-refractivity contribution in [3.63, 3.8) is 0 Å². The molecular formula is C15H11NO3. The Balaban J connectivity index is 1.71. The highest BCUT2D eigenvalue weighted by Crippen LogP contribution is 2.15. The standard InChI is InChI=1S/C15H11NO3/c17-15(11-6-2-1-3-7-11)18-10-14-16-12-8-4-5-9-13(12)19-14/h1-9H,10H2. The number of aromatic nitrogens is 1. The Kier molecular flexibility index (Phi) is 2.98. The molecular weight excluding hydrogens is 242 g/mol. The molecule has 0 aliphatic rings. The van der Waals surface area contributed by atoms with Crippen LogP contribution in [0.2, 0.25) is 0 Å². The van der Waals surface area contributed by atoms with Crippen molar-refractivity contribution in [2.45, 2.75) is 6.61 Å². The van der Waals surface area contributed by atoms with Gasteiger partial charge in [-0.25, -0.2) is 9.78 Å². The fourth-order valence-corrected chi connectivity index (χ4v) is 1.77. The third kappa shape index (κ3) is 2.47. The summed E-state index contributed by atoms with van der Waals surface area (Å²) in [4.78, 5) is 16.0. The monoisotopic (exact) mass is 253 g/mol. The normalized spacial score (nSPS) is 10.5. The molecule has 0 N–H and O–H groups in total. The van der Waals surface area contributed by atoms with Crippen LogP contribution in [0.3, 0.4) is 0 Å². The van der Waals surface area contributed by atoms with Crippen LogP contribution in [0.5, 0.6) is 0 Å². The van der Waals surface area contributed by atoms with Crippen molar-refractivity contribution in [2.75, 3.05) is 0 Å². The van der Waals surface area contributed by atoms with Gasteiger partial charge < -0.3 is 9.15 Å². The zero-order valence-corrected chi connectivity index (χ0v) is 10.1. The minimum absolute atomic E-state index is 0.0302. The molecule has 19 heavy (non-hydrogen) atoms. The number of para-hydroxylation sites is 2. The molecule has 3 aromatic rings. The summed E-state index contributed by atoms with van der Waals surface area (Å²) < 4.78 is 10.6. The van der Waals surface area contributed by atoms with Crippen molar-refractivity contribution in [1.29, 1.82) is 0 Å². The first-order valence-corrected chi connectivity index (χ1v) is 5.89. The van der Waals surface area contributed by atoms with Gasteiger partial charge in [0.25, 0.3) is 0 Å². The van der Waals surface area contributed by atoms with E-state index in [9.17, 15) is 4.79 Å². The van der Waals surface area contributed by atoms with E-state index < -0.39 is 0 Å². The zero-order valence-electron chi connectivity index (χ0n) is 10.1. The highest BCUT2D eigenvalue weighted by atomic mass is 16.5. The second-order valence-electron chi connectivity index (χ2n) is 4.02. The van der Waals surface area contributed by atoms with Gasteiger partial charge in [-0.3, -0.25) is 0 Å². The Bertz CT molecular complexity index is 670. The van der Waals surface area contributed by atoms with E-state index in [1.165, 1.54) is 0 Å². The molecule has 4 nitrogen and oxygen atoms in total. The first-order valence-electron chi connectivity index (χ1n) is 5.89. The van der Waals surface area contributed by atoms with E-state index >= 15 is 0 Å². The van der Waals surface area contributed by atoms with Crippen molar-refractivity contribution in [3.8, 4) is 0 Å². The second-order valence-corrected chi connectivity index (χ2v) is 4.02. The largest absolute Gasteiger partial charge is 0.452 e. The van der Waals surface area contributed by atoms with Gasteiger partial charge >= 0.3 is 5.97 Å². The van der Waals surface area contributed by atoms with Crippen LogP contribution in [0.4, 0.5) is 0 Å². The van der Waals surface area contributed by atoms with Crippen LogP contribution < -0.4 is 0 Å². The van der Waals surface area contributed by atoms with Gasteiger partial charge in [0.05, 0.1) is 5.56 Å². The molecule has 0 atom stereocenters. The number of ether oxygens (including phenoxy) is 1. The fraction of sp³-hybridized carbons (Fsp3) is 0.0667. The second kappa shape index (κ2) is 4.94. The number of carbonyl (C=O) groups excluding carboxylic acids is 1. The maximum Gasteiger partial charge on any atom is 0.338 e. The number of rotatable bonds is 3. The van der Waals surface area contributed by atoms with Gasteiger partial charge in [-0.1, -0.05) is 30.3 Å². The molecule has 0 saturated heterocycles. The van der Waals surface area contributed by atoms with Gasteiger partial charge in [0.1, 0.15) is 5.52 Å². The molecule has 0 amide bonds. The summed E-state index contributed by atoms with van der Waals surface area (Å²) in [5.74, 6) is 0.00772. The molecule has 2 aromatic carbocycles. The molecule has 4 heteroatoms. The fourth-order valence-electron chi connectivity index (χ4n) is 1.77. The SMILES string of the molecule is O=C(OCc1nc2ccccc2o1)c1ccccc1. The minimum atomic E-state index is -0.386. The van der Waals surface area contributed by atoms with Crippen LogP contribution >= 0.6 is 0 Å². The van der Waals surface area contributed by atoms with Crippen molar-refractivity contribution in [2.24, 2.45) is 0 Å². The number of fused-ring (bicyclic) bond motifs is 1. The molecule has 1 aromatic heterocycles. The third-order valence-corrected chi connectivity index (χ3v) is 2.67. The molecule has 0 saturated carbocycles. The maximum absolute atomic E-state index is 11.7. The Labute approximate surface area is 109 Å². The average molecular weight is 253 g/mol. The summed E-state index contributed by atoms with van der Waals surface area (Å²) in [6.07, 6.45) is 0. The molecule has 94 valence electrons. The topological polar surface area (TPSA) is 52.3 Å². The van der Waals surface area contributed by atoms with Crippen LogP contribution in [-0.2, 0) is 11.3 Å². The molecule has 0 radical (unpaired) electrons. The third-order valence-electron chi connectivity index (χ3n) is 2.67. The van der Waals surface area contributed by atoms with Crippen molar-refractivity contribution in [1.82, 2.24) is 4.98 Å². The lowest BCUT2D eigenvalue weighted by molar-refractivity contribution is 0.0440. The minimum Gasteiger partial charge on any atom is -0.452 e. The van der Waals surface area contributed by atoms with Crippen molar-refractivity contribution >= 4 is 17.1 Å². The van der Waals surface area contributed by atoms with Gasteiger partial charge in [0, 0.05) is 0 Å². The summed E-state index contributed by atoms with van der Waals surface area (Å²) >= 11 is 0. The molecule has 0 aliphatic heterocycles. The summed E-state index contributed by atoms with van der Waals surface area (Å²) in [5.41, 5.74) is 1.96. The lowest BCUT2D eigenvalue weighted by Gasteiger charge is -2.01. The van der Waals surface area contributed by atoms with Gasteiger partial charge in [0.2, 0.25) is 5.89 Å². The van der Waals surface area contributed by atoms with E-state index in [-0.39, 0.29) is 12.6 Å². The smallest absolute Gasteiger partial charge is 0.338 e. The van der Waals surface area contributed by atoms with Crippen LogP contribution in [0.15, 0.2) is 59.0 Å². The number of hydrogen-bond donors (Lipinski definition) is 0. The molecule has 0 bridgehead atoms. The number of oxazole rings is 1. The Morgan fingerprint density at radius 1 is 1.05 bits per heavy atom. The number of hydrogen-bond acceptors (Lipinski definition) is 4. The van der Waals surface area contributed by atoms with Gasteiger partial charge in [-0.2, -0.15) is 0 Å². The predicted octanol–water partition coefficient (Wildman–Crippen LogP) is 3.18. The number of nitrogens with zero attached hydrogens (tertiary/aromatic N) is 1. The molecule has 1 heterocycles. The van der Waals surface area contributed by atoms with E-state index in [0.717, 1.165) is 5.52 Å². The van der Waals surface area contributed by atoms with E-state index in [0.29, 0.717) is 17.0 Å². The summed E-state index contributed by atoms with van der Waals surface area (Å²) in [7, 11) is 0. The van der Waals surface area contributed by atoms with Crippen LogP contribution in [0.1, 0.15) is 16.2 Å². The Hall–Kier alpha value is -2.62. The van der Waals surface area contributed by atoms with Crippen molar-refractivity contribution in [3.05, 3.63) is 66.1 Å². The molecule has 0 spiro atoms. The first kappa shape index (κ1) is 11.5. The number of esters is 1. The molecule has 0 fully saturated rings. The van der Waals surface area contributed by atoms with Gasteiger partial charge in [-0.15, -0.1) is 0 Å². The van der Waals surface area contributed by atoms with Crippen molar-refractivity contribution < 1.29 is 13.9 Å². The van der Waals surface area contributed by atoms with E-state index in [1.807, 2.05) is 30.3 Å². The first-order chi connectivity index (χ1) is 9.33. The van der Waals surface area contributed by atoms with E-state index in [1.54, 1.807) is 24.3 Å². The van der Waals surface area contributed by atoms with E-state index in [4.69, 9.17) is 9.15 Å². The molecule has 0 unspecified atom stereocenters. The predicted molar refractivity (Wildman–Crippen MR) is 69.6 cm³/mol. The highest BCUT2D eigenvalue weighted by molar-refractivity contribution is 5.89. The van der Waals surface area contributed by atoms with Gasteiger partial charge in [0.15, 0.2) is 12.2 Å². The van der Waals surface area contributed by atoms with Crippen LogP contribution in [0.25, 0.3) is 11.1 Å². The zero-order chi connectivity index (χ0) is 13.1. The summed E-state index contributed by atoms with van der Waals surface area (Å²) in [5, 5.41) is 0. The quantitative estimate of drug-likeness (QED) is 0.673. The number of carbonyl (C=O) groups is 1. The Morgan fingerprint density at radius 2 is 1.79 bits per heavy atom. The number of benzene rings is 2. The maximum atomic E-state index is 11.7. The average Bonchev–Trinajstić information content (AvgIpc) is 2.88. The van der Waals surface area contributed by atoms with Crippen LogP contribution in [0, 0.1) is 0 Å². The van der Waals surface area contributed by atoms with E-state index in [2.05, 4.69) is 4.98 Å². The van der Waals surface area contributed by atoms with Crippen LogP contribution in [-0.4, -0.2) is 11.0 Å². The lowest BCUT2D eigenvalue weighted by Crippen LogP contribution is -2.04. The molecule has 3 rings (SSSR count). The lowest BCUT2D eigenvalue weighted by atomic mass is 10.2. The Morgan fingerprint density at radius 3 is 2.58 bits per heavy atom. The molecule has 0 aliphatic carbocycles. The summed E-state index contributed by atoms with van der Waals surface area (Å²) in [6, 6.07) is 16.2.